The molecule has 1 aliphatic heterocycles. The highest BCUT2D eigenvalue weighted by Gasteiger charge is 2.25. The molecular formula is C11H13NO2. The molecule has 74 valence electrons. The van der Waals surface area contributed by atoms with Crippen LogP contribution in [0.3, 0.4) is 0 Å². The van der Waals surface area contributed by atoms with E-state index in [1.165, 1.54) is 0 Å². The topological polar surface area (TPSA) is 38.3 Å². The lowest BCUT2D eigenvalue weighted by atomic mass is 10.1. The maximum absolute atomic E-state index is 11.1. The van der Waals surface area contributed by atoms with Crippen LogP contribution in [-0.4, -0.2) is 18.6 Å². The van der Waals surface area contributed by atoms with Gasteiger partial charge in [0.05, 0.1) is 0 Å². The summed E-state index contributed by atoms with van der Waals surface area (Å²) >= 11 is 0. The molecule has 2 atom stereocenters. The SMILES string of the molecule is CC1O[C@@H](c2ccccc2)CNC1=O. The zero-order valence-corrected chi connectivity index (χ0v) is 8.07. The first-order valence-corrected chi connectivity index (χ1v) is 4.75. The van der Waals surface area contributed by atoms with Gasteiger partial charge in [-0.3, -0.25) is 4.79 Å². The van der Waals surface area contributed by atoms with Gasteiger partial charge in [-0.05, 0) is 12.5 Å². The molecule has 0 spiro atoms. The Morgan fingerprint density at radius 3 is 2.71 bits per heavy atom. The minimum Gasteiger partial charge on any atom is -0.359 e. The molecule has 1 saturated heterocycles. The van der Waals surface area contributed by atoms with Crippen molar-refractivity contribution in [3.8, 4) is 0 Å². The molecule has 3 nitrogen and oxygen atoms in total. The van der Waals surface area contributed by atoms with Crippen LogP contribution in [0, 0.1) is 0 Å². The Morgan fingerprint density at radius 1 is 1.36 bits per heavy atom. The summed E-state index contributed by atoms with van der Waals surface area (Å²) < 4.78 is 5.57. The van der Waals surface area contributed by atoms with E-state index in [0.717, 1.165) is 5.56 Å². The van der Waals surface area contributed by atoms with Crippen LogP contribution in [0.5, 0.6) is 0 Å². The fourth-order valence-electron chi connectivity index (χ4n) is 1.56. The molecule has 1 heterocycles. The molecule has 0 bridgehead atoms. The molecule has 3 heteroatoms. The minimum absolute atomic E-state index is 0.0103. The predicted octanol–water partition coefficient (Wildman–Crippen LogP) is 1.26. The monoisotopic (exact) mass is 191 g/mol. The van der Waals surface area contributed by atoms with Gasteiger partial charge in [0.25, 0.3) is 0 Å². The van der Waals surface area contributed by atoms with E-state index in [-0.39, 0.29) is 18.1 Å². The average molecular weight is 191 g/mol. The van der Waals surface area contributed by atoms with Crippen molar-refractivity contribution in [3.05, 3.63) is 35.9 Å². The Hall–Kier alpha value is -1.35. The van der Waals surface area contributed by atoms with Crippen molar-refractivity contribution in [2.45, 2.75) is 19.1 Å². The second-order valence-electron chi connectivity index (χ2n) is 3.42. The van der Waals surface area contributed by atoms with E-state index < -0.39 is 0 Å². The highest BCUT2D eigenvalue weighted by molar-refractivity contribution is 5.81. The van der Waals surface area contributed by atoms with E-state index in [0.29, 0.717) is 6.54 Å². The van der Waals surface area contributed by atoms with Crippen LogP contribution >= 0.6 is 0 Å². The maximum atomic E-state index is 11.1. The highest BCUT2D eigenvalue weighted by atomic mass is 16.5. The van der Waals surface area contributed by atoms with Gasteiger partial charge < -0.3 is 10.1 Å². The molecule has 1 aromatic carbocycles. The molecule has 1 aromatic rings. The Bertz CT molecular complexity index is 323. The smallest absolute Gasteiger partial charge is 0.248 e. The van der Waals surface area contributed by atoms with Crippen LogP contribution < -0.4 is 5.32 Å². The first-order chi connectivity index (χ1) is 6.77. The van der Waals surface area contributed by atoms with Crippen LogP contribution in [0.4, 0.5) is 0 Å². The third-order valence-corrected chi connectivity index (χ3v) is 2.37. The Kier molecular flexibility index (Phi) is 2.50. The Morgan fingerprint density at radius 2 is 2.07 bits per heavy atom. The second kappa shape index (κ2) is 3.80. The van der Waals surface area contributed by atoms with E-state index in [9.17, 15) is 4.79 Å². The van der Waals surface area contributed by atoms with Crippen LogP contribution in [-0.2, 0) is 9.53 Å². The lowest BCUT2D eigenvalue weighted by molar-refractivity contribution is -0.142. The molecule has 1 aliphatic rings. The van der Waals surface area contributed by atoms with Gasteiger partial charge in [-0.15, -0.1) is 0 Å². The summed E-state index contributed by atoms with van der Waals surface area (Å²) in [5.74, 6) is -0.0304. The summed E-state index contributed by atoms with van der Waals surface area (Å²) in [6.45, 7) is 2.33. The van der Waals surface area contributed by atoms with Crippen molar-refractivity contribution < 1.29 is 9.53 Å². The van der Waals surface area contributed by atoms with Gasteiger partial charge in [0.2, 0.25) is 5.91 Å². The van der Waals surface area contributed by atoms with E-state index in [1.54, 1.807) is 6.92 Å². The largest absolute Gasteiger partial charge is 0.359 e. The predicted molar refractivity (Wildman–Crippen MR) is 52.7 cm³/mol. The van der Waals surface area contributed by atoms with Crippen LogP contribution in [0.15, 0.2) is 30.3 Å². The summed E-state index contributed by atoms with van der Waals surface area (Å²) in [5, 5.41) is 2.82. The first kappa shape index (κ1) is 9.21. The maximum Gasteiger partial charge on any atom is 0.248 e. The molecule has 2 rings (SSSR count). The molecule has 14 heavy (non-hydrogen) atoms. The Labute approximate surface area is 83.1 Å². The van der Waals surface area contributed by atoms with Crippen molar-refractivity contribution >= 4 is 5.91 Å². The number of hydrogen-bond donors (Lipinski definition) is 1. The quantitative estimate of drug-likeness (QED) is 0.725. The number of benzene rings is 1. The van der Waals surface area contributed by atoms with Gasteiger partial charge in [-0.1, -0.05) is 30.3 Å². The molecule has 0 aliphatic carbocycles. The summed E-state index contributed by atoms with van der Waals surface area (Å²) in [5.41, 5.74) is 1.11. The summed E-state index contributed by atoms with van der Waals surface area (Å²) in [7, 11) is 0. The highest BCUT2D eigenvalue weighted by Crippen LogP contribution is 2.20. The van der Waals surface area contributed by atoms with E-state index in [1.807, 2.05) is 30.3 Å². The number of morpholine rings is 1. The van der Waals surface area contributed by atoms with E-state index in [2.05, 4.69) is 5.32 Å². The molecule has 0 aromatic heterocycles. The van der Waals surface area contributed by atoms with Crippen molar-refractivity contribution in [1.82, 2.24) is 5.32 Å². The molecule has 1 N–H and O–H groups in total. The lowest BCUT2D eigenvalue weighted by Gasteiger charge is -2.28. The molecule has 1 fully saturated rings. The van der Waals surface area contributed by atoms with Crippen molar-refractivity contribution in [3.63, 3.8) is 0 Å². The van der Waals surface area contributed by atoms with Crippen LogP contribution in [0.25, 0.3) is 0 Å². The summed E-state index contributed by atoms with van der Waals surface area (Å²) in [6, 6.07) is 9.93. The second-order valence-corrected chi connectivity index (χ2v) is 3.42. The van der Waals surface area contributed by atoms with Gasteiger partial charge in [0.1, 0.15) is 12.2 Å². The third kappa shape index (κ3) is 1.77. The van der Waals surface area contributed by atoms with Crippen molar-refractivity contribution in [2.24, 2.45) is 0 Å². The standard InChI is InChI=1S/C11H13NO2/c1-8-11(13)12-7-10(14-8)9-5-3-2-4-6-9/h2-6,8,10H,7H2,1H3,(H,12,13)/t8?,10-/m1/s1. The van der Waals surface area contributed by atoms with Gasteiger partial charge in [0.15, 0.2) is 0 Å². The number of hydrogen-bond acceptors (Lipinski definition) is 2. The zero-order chi connectivity index (χ0) is 9.97. The number of amides is 1. The van der Waals surface area contributed by atoms with Crippen LogP contribution in [0.2, 0.25) is 0 Å². The Balaban J connectivity index is 2.11. The number of carbonyl (C=O) groups excluding carboxylic acids is 1. The lowest BCUT2D eigenvalue weighted by Crippen LogP contribution is -2.44. The van der Waals surface area contributed by atoms with Gasteiger partial charge in [0, 0.05) is 6.54 Å². The molecule has 1 unspecified atom stereocenters. The minimum atomic E-state index is -0.353. The summed E-state index contributed by atoms with van der Waals surface area (Å²) in [4.78, 5) is 11.1. The van der Waals surface area contributed by atoms with E-state index >= 15 is 0 Å². The average Bonchev–Trinajstić information content (AvgIpc) is 2.23. The third-order valence-electron chi connectivity index (χ3n) is 2.37. The first-order valence-electron chi connectivity index (χ1n) is 4.75. The van der Waals surface area contributed by atoms with Gasteiger partial charge in [-0.2, -0.15) is 0 Å². The van der Waals surface area contributed by atoms with Crippen LogP contribution in [0.1, 0.15) is 18.6 Å². The normalized spacial score (nSPS) is 27.1. The fourth-order valence-corrected chi connectivity index (χ4v) is 1.56. The van der Waals surface area contributed by atoms with Crippen molar-refractivity contribution in [1.29, 1.82) is 0 Å². The zero-order valence-electron chi connectivity index (χ0n) is 8.07. The fraction of sp³-hybridized carbons (Fsp3) is 0.364. The number of ether oxygens (including phenoxy) is 1. The number of rotatable bonds is 1. The van der Waals surface area contributed by atoms with Gasteiger partial charge >= 0.3 is 0 Å². The van der Waals surface area contributed by atoms with Crippen molar-refractivity contribution in [2.75, 3.05) is 6.54 Å². The van der Waals surface area contributed by atoms with E-state index in [4.69, 9.17) is 4.74 Å². The number of carbonyl (C=O) groups is 1. The summed E-state index contributed by atoms with van der Waals surface area (Å²) in [6.07, 6.45) is -0.363. The molecule has 0 radical (unpaired) electrons. The molecule has 1 amide bonds. The number of nitrogens with one attached hydrogen (secondary N) is 1. The molecule has 0 saturated carbocycles. The molecular weight excluding hydrogens is 178 g/mol. The van der Waals surface area contributed by atoms with Gasteiger partial charge in [-0.25, -0.2) is 0 Å².